The minimum absolute atomic E-state index is 0.101. The summed E-state index contributed by atoms with van der Waals surface area (Å²) in [4.78, 5) is 12.2. The van der Waals surface area contributed by atoms with Crippen LogP contribution in [-0.4, -0.2) is 54.2 Å². The van der Waals surface area contributed by atoms with Crippen LogP contribution in [0.5, 0.6) is 0 Å². The lowest BCUT2D eigenvalue weighted by Gasteiger charge is -2.23. The van der Waals surface area contributed by atoms with Gasteiger partial charge in [-0.15, -0.1) is 0 Å². The Kier molecular flexibility index (Phi) is 5.38. The molecule has 0 aliphatic carbocycles. The van der Waals surface area contributed by atoms with Gasteiger partial charge < -0.3 is 5.32 Å². The molecule has 126 valence electrons. The highest BCUT2D eigenvalue weighted by molar-refractivity contribution is 7.88. The zero-order valence-electron chi connectivity index (χ0n) is 13.5. The van der Waals surface area contributed by atoms with Crippen molar-refractivity contribution >= 4 is 26.8 Å². The molecule has 2 aromatic rings. The van der Waals surface area contributed by atoms with Gasteiger partial charge in [0.15, 0.2) is 5.69 Å². The number of benzene rings is 1. The van der Waals surface area contributed by atoms with Gasteiger partial charge in [0.05, 0.1) is 11.8 Å². The van der Waals surface area contributed by atoms with Crippen LogP contribution in [0.3, 0.4) is 0 Å². The summed E-state index contributed by atoms with van der Waals surface area (Å²) in [5.74, 6) is -0.266. The van der Waals surface area contributed by atoms with Crippen molar-refractivity contribution in [1.29, 1.82) is 0 Å². The highest BCUT2D eigenvalue weighted by Crippen LogP contribution is 2.14. The van der Waals surface area contributed by atoms with Gasteiger partial charge >= 0.3 is 0 Å². The van der Waals surface area contributed by atoms with E-state index in [1.807, 2.05) is 38.1 Å². The molecular formula is C15H22N4O3S. The van der Waals surface area contributed by atoms with Crippen LogP contribution in [0.1, 0.15) is 30.8 Å². The van der Waals surface area contributed by atoms with E-state index in [1.54, 1.807) is 0 Å². The maximum absolute atomic E-state index is 12.2. The van der Waals surface area contributed by atoms with Crippen LogP contribution in [-0.2, 0) is 10.0 Å². The fourth-order valence-electron chi connectivity index (χ4n) is 2.46. The van der Waals surface area contributed by atoms with Gasteiger partial charge in [0.1, 0.15) is 0 Å². The number of H-pyrrole nitrogens is 1. The number of fused-ring (bicyclic) bond motifs is 1. The number of carbonyl (C=O) groups is 1. The molecule has 1 heterocycles. The van der Waals surface area contributed by atoms with E-state index in [2.05, 4.69) is 15.5 Å². The average Bonchev–Trinajstić information content (AvgIpc) is 2.89. The van der Waals surface area contributed by atoms with Gasteiger partial charge in [0, 0.05) is 24.5 Å². The monoisotopic (exact) mass is 338 g/mol. The smallest absolute Gasteiger partial charge is 0.272 e. The third-order valence-electron chi connectivity index (χ3n) is 3.53. The molecule has 0 aliphatic heterocycles. The molecule has 8 heteroatoms. The molecule has 0 unspecified atom stereocenters. The summed E-state index contributed by atoms with van der Waals surface area (Å²) in [6.45, 7) is 4.42. The quantitative estimate of drug-likeness (QED) is 0.745. The lowest BCUT2D eigenvalue weighted by Crippen LogP contribution is -2.38. The van der Waals surface area contributed by atoms with Crippen LogP contribution in [0.15, 0.2) is 24.3 Å². The summed E-state index contributed by atoms with van der Waals surface area (Å²) < 4.78 is 24.7. The molecule has 0 spiro atoms. The van der Waals surface area contributed by atoms with Crippen molar-refractivity contribution in [2.75, 3.05) is 19.3 Å². The number of nitrogens with zero attached hydrogens (tertiary/aromatic N) is 2. The zero-order valence-corrected chi connectivity index (χ0v) is 14.4. The molecule has 1 amide bonds. The zero-order chi connectivity index (χ0) is 17.0. The van der Waals surface area contributed by atoms with Crippen LogP contribution in [0, 0.1) is 0 Å². The van der Waals surface area contributed by atoms with Crippen LogP contribution in [0.25, 0.3) is 10.9 Å². The average molecular weight is 338 g/mol. The van der Waals surface area contributed by atoms with Gasteiger partial charge in [-0.2, -0.15) is 9.40 Å². The van der Waals surface area contributed by atoms with Crippen LogP contribution >= 0.6 is 0 Å². The Balaban J connectivity index is 1.90. The number of para-hydroxylation sites is 1. The Hall–Kier alpha value is -1.93. The molecule has 2 rings (SSSR count). The summed E-state index contributed by atoms with van der Waals surface area (Å²) in [5.41, 5.74) is 1.16. The fraction of sp³-hybridized carbons (Fsp3) is 0.467. The molecule has 0 fully saturated rings. The maximum atomic E-state index is 12.2. The summed E-state index contributed by atoms with van der Waals surface area (Å²) in [6.07, 6.45) is 1.74. The van der Waals surface area contributed by atoms with Crippen molar-refractivity contribution in [1.82, 2.24) is 19.8 Å². The van der Waals surface area contributed by atoms with Gasteiger partial charge in [-0.25, -0.2) is 8.42 Å². The highest BCUT2D eigenvalue weighted by Gasteiger charge is 2.19. The molecule has 1 aromatic heterocycles. The minimum atomic E-state index is -3.23. The summed E-state index contributed by atoms with van der Waals surface area (Å²) in [7, 11) is -3.23. The van der Waals surface area contributed by atoms with Crippen molar-refractivity contribution in [3.63, 3.8) is 0 Å². The third kappa shape index (κ3) is 4.29. The molecular weight excluding hydrogens is 316 g/mol. The van der Waals surface area contributed by atoms with Gasteiger partial charge in [-0.3, -0.25) is 9.89 Å². The molecule has 2 N–H and O–H groups in total. The normalized spacial score (nSPS) is 12.2. The van der Waals surface area contributed by atoms with E-state index in [0.29, 0.717) is 25.2 Å². The van der Waals surface area contributed by atoms with E-state index >= 15 is 0 Å². The Labute approximate surface area is 136 Å². The Morgan fingerprint density at radius 3 is 2.70 bits per heavy atom. The van der Waals surface area contributed by atoms with Crippen LogP contribution in [0.2, 0.25) is 0 Å². The Morgan fingerprint density at radius 1 is 1.35 bits per heavy atom. The molecule has 0 bridgehead atoms. The predicted octanol–water partition coefficient (Wildman–Crippen LogP) is 1.35. The predicted molar refractivity (Wildman–Crippen MR) is 89.7 cm³/mol. The number of hydrogen-bond donors (Lipinski definition) is 2. The van der Waals surface area contributed by atoms with Crippen LogP contribution in [0.4, 0.5) is 0 Å². The number of sulfonamides is 1. The van der Waals surface area contributed by atoms with Gasteiger partial charge in [-0.1, -0.05) is 18.2 Å². The molecule has 0 saturated heterocycles. The van der Waals surface area contributed by atoms with Crippen molar-refractivity contribution < 1.29 is 13.2 Å². The first kappa shape index (κ1) is 17.4. The lowest BCUT2D eigenvalue weighted by molar-refractivity contribution is 0.0949. The molecule has 0 radical (unpaired) electrons. The van der Waals surface area contributed by atoms with E-state index in [1.165, 1.54) is 10.6 Å². The second-order valence-electron chi connectivity index (χ2n) is 5.69. The molecule has 0 saturated carbocycles. The molecule has 1 aromatic carbocycles. The first-order chi connectivity index (χ1) is 10.8. The van der Waals surface area contributed by atoms with Crippen molar-refractivity contribution in [3.05, 3.63) is 30.0 Å². The lowest BCUT2D eigenvalue weighted by atomic mass is 10.2. The summed E-state index contributed by atoms with van der Waals surface area (Å²) >= 11 is 0. The molecule has 7 nitrogen and oxygen atoms in total. The standard InChI is InChI=1S/C15H22N4O3S/c1-11(2)19(23(3,21)22)10-6-9-16-15(20)14-12-7-4-5-8-13(12)17-18-14/h4-5,7-8,11H,6,9-10H2,1-3H3,(H,16,20)(H,17,18). The van der Waals surface area contributed by atoms with E-state index in [4.69, 9.17) is 0 Å². The van der Waals surface area contributed by atoms with Gasteiger partial charge in [0.25, 0.3) is 5.91 Å². The first-order valence-corrected chi connectivity index (χ1v) is 9.33. The van der Waals surface area contributed by atoms with E-state index in [-0.39, 0.29) is 11.9 Å². The fourth-order valence-corrected chi connectivity index (χ4v) is 3.69. The van der Waals surface area contributed by atoms with Gasteiger partial charge in [0.2, 0.25) is 10.0 Å². The number of hydrogen-bond acceptors (Lipinski definition) is 4. The third-order valence-corrected chi connectivity index (χ3v) is 4.98. The Bertz CT molecular complexity index is 783. The van der Waals surface area contributed by atoms with Crippen LogP contribution < -0.4 is 5.32 Å². The number of nitrogens with one attached hydrogen (secondary N) is 2. The number of aromatic amines is 1. The first-order valence-electron chi connectivity index (χ1n) is 7.49. The number of amides is 1. The Morgan fingerprint density at radius 2 is 2.04 bits per heavy atom. The summed E-state index contributed by atoms with van der Waals surface area (Å²) in [6, 6.07) is 7.30. The van der Waals surface area contributed by atoms with Crippen molar-refractivity contribution in [2.24, 2.45) is 0 Å². The second kappa shape index (κ2) is 7.10. The van der Waals surface area contributed by atoms with E-state index in [0.717, 1.165) is 10.9 Å². The molecule has 0 aliphatic rings. The highest BCUT2D eigenvalue weighted by atomic mass is 32.2. The van der Waals surface area contributed by atoms with E-state index < -0.39 is 10.0 Å². The largest absolute Gasteiger partial charge is 0.351 e. The summed E-state index contributed by atoms with van der Waals surface area (Å²) in [5, 5.41) is 10.4. The second-order valence-corrected chi connectivity index (χ2v) is 7.63. The SMILES string of the molecule is CC(C)N(CCCNC(=O)c1n[nH]c2ccccc12)S(C)(=O)=O. The molecule has 23 heavy (non-hydrogen) atoms. The number of rotatable bonds is 7. The molecule has 0 atom stereocenters. The maximum Gasteiger partial charge on any atom is 0.272 e. The van der Waals surface area contributed by atoms with Crippen molar-refractivity contribution in [3.8, 4) is 0 Å². The topological polar surface area (TPSA) is 95.2 Å². The number of aromatic nitrogens is 2. The van der Waals surface area contributed by atoms with Crippen molar-refractivity contribution in [2.45, 2.75) is 26.3 Å². The van der Waals surface area contributed by atoms with E-state index in [9.17, 15) is 13.2 Å². The number of carbonyl (C=O) groups excluding carboxylic acids is 1. The van der Waals surface area contributed by atoms with Gasteiger partial charge in [-0.05, 0) is 26.3 Å². The minimum Gasteiger partial charge on any atom is -0.351 e.